The lowest BCUT2D eigenvalue weighted by Crippen LogP contribution is -2.45. The van der Waals surface area contributed by atoms with Crippen LogP contribution in [0.1, 0.15) is 32.3 Å². The first-order valence-electron chi connectivity index (χ1n) is 9.91. The molecule has 0 saturated carbocycles. The lowest BCUT2D eigenvalue weighted by Gasteiger charge is -2.32. The highest BCUT2D eigenvalue weighted by Gasteiger charge is 2.24. The van der Waals surface area contributed by atoms with E-state index in [4.69, 9.17) is 14.7 Å². The third kappa shape index (κ3) is 5.20. The van der Waals surface area contributed by atoms with Crippen LogP contribution in [0.2, 0.25) is 0 Å². The molecule has 152 valence electrons. The standard InChI is InChI=1S/C23H27N3O3/c1-16-10-12-26(13-11-16)23(27)17(2)25-19-5-7-20(8-6-19)29-21-9-4-18(15-24)14-22(21)28-3/h4-9,14,16-17,25H,10-13H2,1-3H3. The van der Waals surface area contributed by atoms with E-state index in [1.54, 1.807) is 18.2 Å². The number of nitrogens with one attached hydrogen (secondary N) is 1. The molecule has 1 atom stereocenters. The van der Waals surface area contributed by atoms with Gasteiger partial charge in [0.1, 0.15) is 11.8 Å². The van der Waals surface area contributed by atoms with Gasteiger partial charge in [0, 0.05) is 24.8 Å². The van der Waals surface area contributed by atoms with Crippen LogP contribution in [-0.2, 0) is 4.79 Å². The Balaban J connectivity index is 1.60. The van der Waals surface area contributed by atoms with Crippen LogP contribution in [0.3, 0.4) is 0 Å². The molecule has 2 aromatic rings. The van der Waals surface area contributed by atoms with Gasteiger partial charge in [0.05, 0.1) is 18.7 Å². The Bertz CT molecular complexity index is 881. The molecule has 6 nitrogen and oxygen atoms in total. The summed E-state index contributed by atoms with van der Waals surface area (Å²) in [5, 5.41) is 12.3. The zero-order valence-electron chi connectivity index (χ0n) is 17.1. The fraction of sp³-hybridized carbons (Fsp3) is 0.391. The fourth-order valence-electron chi connectivity index (χ4n) is 3.38. The normalized spacial score (nSPS) is 15.3. The summed E-state index contributed by atoms with van der Waals surface area (Å²) in [5.41, 5.74) is 1.37. The van der Waals surface area contributed by atoms with Gasteiger partial charge >= 0.3 is 0 Å². The maximum absolute atomic E-state index is 12.6. The Hall–Kier alpha value is -3.20. The number of rotatable bonds is 6. The van der Waals surface area contributed by atoms with Crippen molar-refractivity contribution in [2.24, 2.45) is 5.92 Å². The molecule has 1 aliphatic rings. The molecule has 3 rings (SSSR count). The van der Waals surface area contributed by atoms with Crippen molar-refractivity contribution in [2.45, 2.75) is 32.7 Å². The van der Waals surface area contributed by atoms with E-state index >= 15 is 0 Å². The van der Waals surface area contributed by atoms with E-state index in [-0.39, 0.29) is 11.9 Å². The molecule has 6 heteroatoms. The molecule has 1 heterocycles. The van der Waals surface area contributed by atoms with Crippen molar-refractivity contribution in [3.05, 3.63) is 48.0 Å². The van der Waals surface area contributed by atoms with Gasteiger partial charge in [-0.25, -0.2) is 0 Å². The lowest BCUT2D eigenvalue weighted by molar-refractivity contribution is -0.132. The number of hydrogen-bond donors (Lipinski definition) is 1. The van der Waals surface area contributed by atoms with E-state index in [0.717, 1.165) is 31.6 Å². The van der Waals surface area contributed by atoms with Crippen molar-refractivity contribution in [3.63, 3.8) is 0 Å². The van der Waals surface area contributed by atoms with Crippen LogP contribution in [0.15, 0.2) is 42.5 Å². The number of carbonyl (C=O) groups is 1. The van der Waals surface area contributed by atoms with Crippen LogP contribution in [0, 0.1) is 17.2 Å². The molecule has 0 aliphatic carbocycles. The molecule has 1 unspecified atom stereocenters. The molecule has 1 saturated heterocycles. The summed E-state index contributed by atoms with van der Waals surface area (Å²) in [6.07, 6.45) is 2.15. The topological polar surface area (TPSA) is 74.6 Å². The summed E-state index contributed by atoms with van der Waals surface area (Å²) in [7, 11) is 1.54. The van der Waals surface area contributed by atoms with Crippen molar-refractivity contribution in [1.29, 1.82) is 5.26 Å². The zero-order chi connectivity index (χ0) is 20.8. The van der Waals surface area contributed by atoms with E-state index in [2.05, 4.69) is 18.3 Å². The second-order valence-corrected chi connectivity index (χ2v) is 7.48. The Morgan fingerprint density at radius 2 is 1.86 bits per heavy atom. The predicted molar refractivity (Wildman–Crippen MR) is 112 cm³/mol. The van der Waals surface area contributed by atoms with Crippen LogP contribution < -0.4 is 14.8 Å². The van der Waals surface area contributed by atoms with Crippen molar-refractivity contribution in [3.8, 4) is 23.3 Å². The van der Waals surface area contributed by atoms with Gasteiger partial charge < -0.3 is 19.7 Å². The molecule has 29 heavy (non-hydrogen) atoms. The highest BCUT2D eigenvalue weighted by Crippen LogP contribution is 2.32. The highest BCUT2D eigenvalue weighted by molar-refractivity contribution is 5.84. The third-order valence-electron chi connectivity index (χ3n) is 5.22. The molecular formula is C23H27N3O3. The average molecular weight is 393 g/mol. The van der Waals surface area contributed by atoms with Crippen LogP contribution in [0.4, 0.5) is 5.69 Å². The van der Waals surface area contributed by atoms with Crippen molar-refractivity contribution >= 4 is 11.6 Å². The van der Waals surface area contributed by atoms with Gasteiger partial charge in [0.15, 0.2) is 11.5 Å². The smallest absolute Gasteiger partial charge is 0.244 e. The summed E-state index contributed by atoms with van der Waals surface area (Å²) in [5.74, 6) is 2.52. The molecular weight excluding hydrogens is 366 g/mol. The largest absolute Gasteiger partial charge is 0.493 e. The Kier molecular flexibility index (Phi) is 6.61. The number of nitriles is 1. The summed E-state index contributed by atoms with van der Waals surface area (Å²) in [6, 6.07) is 14.3. The summed E-state index contributed by atoms with van der Waals surface area (Å²) >= 11 is 0. The Morgan fingerprint density at radius 3 is 2.48 bits per heavy atom. The second kappa shape index (κ2) is 9.33. The summed E-state index contributed by atoms with van der Waals surface area (Å²) in [4.78, 5) is 14.6. The van der Waals surface area contributed by atoms with Crippen LogP contribution >= 0.6 is 0 Å². The first-order chi connectivity index (χ1) is 14.0. The first kappa shape index (κ1) is 20.5. The minimum atomic E-state index is -0.284. The molecule has 1 amide bonds. The van der Waals surface area contributed by atoms with Crippen LogP contribution in [0.25, 0.3) is 0 Å². The van der Waals surface area contributed by atoms with Gasteiger partial charge in [0.25, 0.3) is 0 Å². The molecule has 0 spiro atoms. The number of benzene rings is 2. The van der Waals surface area contributed by atoms with Crippen molar-refractivity contribution in [2.75, 3.05) is 25.5 Å². The minimum absolute atomic E-state index is 0.138. The van der Waals surface area contributed by atoms with E-state index in [1.807, 2.05) is 36.1 Å². The van der Waals surface area contributed by atoms with E-state index in [0.29, 0.717) is 28.7 Å². The lowest BCUT2D eigenvalue weighted by atomic mass is 9.99. The molecule has 1 fully saturated rings. The second-order valence-electron chi connectivity index (χ2n) is 7.48. The fourth-order valence-corrected chi connectivity index (χ4v) is 3.38. The van der Waals surface area contributed by atoms with Gasteiger partial charge in [-0.1, -0.05) is 6.92 Å². The maximum atomic E-state index is 12.6. The van der Waals surface area contributed by atoms with Gasteiger partial charge in [-0.15, -0.1) is 0 Å². The molecule has 0 bridgehead atoms. The quantitative estimate of drug-likeness (QED) is 0.786. The zero-order valence-corrected chi connectivity index (χ0v) is 17.1. The molecule has 1 aliphatic heterocycles. The Labute approximate surface area is 172 Å². The molecule has 0 aromatic heterocycles. The van der Waals surface area contributed by atoms with Gasteiger partial charge in [-0.2, -0.15) is 5.26 Å². The summed E-state index contributed by atoms with van der Waals surface area (Å²) in [6.45, 7) is 5.81. The monoisotopic (exact) mass is 393 g/mol. The number of amides is 1. The number of piperidine rings is 1. The maximum Gasteiger partial charge on any atom is 0.244 e. The van der Waals surface area contributed by atoms with Crippen LogP contribution in [-0.4, -0.2) is 37.0 Å². The van der Waals surface area contributed by atoms with Crippen molar-refractivity contribution < 1.29 is 14.3 Å². The number of ether oxygens (including phenoxy) is 2. The average Bonchev–Trinajstić information content (AvgIpc) is 2.75. The number of hydrogen-bond acceptors (Lipinski definition) is 5. The van der Waals surface area contributed by atoms with Gasteiger partial charge in [0.2, 0.25) is 5.91 Å². The van der Waals surface area contributed by atoms with E-state index in [1.165, 1.54) is 7.11 Å². The number of carbonyl (C=O) groups excluding carboxylic acids is 1. The SMILES string of the molecule is COc1cc(C#N)ccc1Oc1ccc(NC(C)C(=O)N2CCC(C)CC2)cc1. The number of likely N-dealkylation sites (tertiary alicyclic amines) is 1. The van der Waals surface area contributed by atoms with Gasteiger partial charge in [-0.3, -0.25) is 4.79 Å². The summed E-state index contributed by atoms with van der Waals surface area (Å²) < 4.78 is 11.2. The molecule has 1 N–H and O–H groups in total. The van der Waals surface area contributed by atoms with E-state index in [9.17, 15) is 4.79 Å². The first-order valence-corrected chi connectivity index (χ1v) is 9.91. The van der Waals surface area contributed by atoms with E-state index < -0.39 is 0 Å². The Morgan fingerprint density at radius 1 is 1.17 bits per heavy atom. The van der Waals surface area contributed by atoms with Gasteiger partial charge in [-0.05, 0) is 62.1 Å². The number of anilines is 1. The number of nitrogens with zero attached hydrogens (tertiary/aromatic N) is 2. The molecule has 0 radical (unpaired) electrons. The minimum Gasteiger partial charge on any atom is -0.493 e. The third-order valence-corrected chi connectivity index (χ3v) is 5.22. The predicted octanol–water partition coefficient (Wildman–Crippen LogP) is 4.42. The molecule has 2 aromatic carbocycles. The highest BCUT2D eigenvalue weighted by atomic mass is 16.5. The number of methoxy groups -OCH3 is 1. The van der Waals surface area contributed by atoms with Crippen LogP contribution in [0.5, 0.6) is 17.2 Å². The van der Waals surface area contributed by atoms with Crippen molar-refractivity contribution in [1.82, 2.24) is 4.90 Å².